The van der Waals surface area contributed by atoms with E-state index in [1.54, 1.807) is 0 Å². The summed E-state index contributed by atoms with van der Waals surface area (Å²) in [6.07, 6.45) is 2.36. The molecule has 120 valence electrons. The van der Waals surface area contributed by atoms with E-state index >= 15 is 0 Å². The minimum Gasteiger partial charge on any atom is -0.380 e. The van der Waals surface area contributed by atoms with Gasteiger partial charge in [0.2, 0.25) is 0 Å². The van der Waals surface area contributed by atoms with Crippen LogP contribution in [0.3, 0.4) is 0 Å². The predicted octanol–water partition coefficient (Wildman–Crippen LogP) is 3.15. The maximum Gasteiger partial charge on any atom is 0.0593 e. The highest BCUT2D eigenvalue weighted by atomic mass is 16.5. The van der Waals surface area contributed by atoms with Crippen molar-refractivity contribution < 1.29 is 4.74 Å². The van der Waals surface area contributed by atoms with E-state index in [4.69, 9.17) is 4.74 Å². The van der Waals surface area contributed by atoms with E-state index < -0.39 is 0 Å². The van der Waals surface area contributed by atoms with Gasteiger partial charge >= 0.3 is 0 Å². The lowest BCUT2D eigenvalue weighted by atomic mass is 9.83. The third kappa shape index (κ3) is 5.34. The molecule has 0 aromatic heterocycles. The number of piperazine rings is 1. The van der Waals surface area contributed by atoms with Crippen LogP contribution >= 0.6 is 0 Å². The fourth-order valence-electron chi connectivity index (χ4n) is 2.93. The lowest BCUT2D eigenvalue weighted by Crippen LogP contribution is -2.62. The summed E-state index contributed by atoms with van der Waals surface area (Å²) in [7, 11) is 0. The minimum atomic E-state index is 0.322. The van der Waals surface area contributed by atoms with Gasteiger partial charge in [0.25, 0.3) is 0 Å². The highest BCUT2D eigenvalue weighted by Gasteiger charge is 2.35. The van der Waals surface area contributed by atoms with Crippen LogP contribution in [0.5, 0.6) is 0 Å². The van der Waals surface area contributed by atoms with Crippen LogP contribution in [0.25, 0.3) is 0 Å². The van der Waals surface area contributed by atoms with Crippen molar-refractivity contribution in [3.63, 3.8) is 0 Å². The van der Waals surface area contributed by atoms with E-state index in [2.05, 4.69) is 51.8 Å². The van der Waals surface area contributed by atoms with Crippen molar-refractivity contribution in [1.82, 2.24) is 10.2 Å². The molecular formula is C17H36N2O. The van der Waals surface area contributed by atoms with Gasteiger partial charge in [0.15, 0.2) is 0 Å². The monoisotopic (exact) mass is 284 g/mol. The molecule has 0 saturated carbocycles. The van der Waals surface area contributed by atoms with Crippen molar-refractivity contribution >= 4 is 0 Å². The van der Waals surface area contributed by atoms with Gasteiger partial charge in [0.1, 0.15) is 0 Å². The summed E-state index contributed by atoms with van der Waals surface area (Å²) in [5, 5.41) is 3.77. The third-order valence-corrected chi connectivity index (χ3v) is 4.68. The Morgan fingerprint density at radius 3 is 2.50 bits per heavy atom. The first-order valence-electron chi connectivity index (χ1n) is 8.45. The van der Waals surface area contributed by atoms with Gasteiger partial charge in [0.05, 0.1) is 6.61 Å². The first-order chi connectivity index (χ1) is 9.40. The number of hydrogen-bond acceptors (Lipinski definition) is 3. The first kappa shape index (κ1) is 17.9. The molecule has 3 atom stereocenters. The van der Waals surface area contributed by atoms with E-state index in [0.29, 0.717) is 17.5 Å². The molecular weight excluding hydrogens is 248 g/mol. The molecule has 3 unspecified atom stereocenters. The molecule has 1 fully saturated rings. The maximum atomic E-state index is 5.71. The van der Waals surface area contributed by atoms with E-state index in [9.17, 15) is 0 Å². The van der Waals surface area contributed by atoms with Gasteiger partial charge in [-0.15, -0.1) is 0 Å². The van der Waals surface area contributed by atoms with Crippen molar-refractivity contribution in [2.75, 3.05) is 32.8 Å². The van der Waals surface area contributed by atoms with Crippen molar-refractivity contribution in [3.05, 3.63) is 0 Å². The van der Waals surface area contributed by atoms with E-state index in [1.165, 1.54) is 6.42 Å². The molecule has 3 nitrogen and oxygen atoms in total. The van der Waals surface area contributed by atoms with Gasteiger partial charge in [-0.1, -0.05) is 48.0 Å². The molecule has 1 aliphatic rings. The molecule has 1 N–H and O–H groups in total. The molecule has 1 saturated heterocycles. The molecule has 3 heteroatoms. The lowest BCUT2D eigenvalue weighted by molar-refractivity contribution is 0.0282. The molecule has 0 amide bonds. The lowest BCUT2D eigenvalue weighted by Gasteiger charge is -2.47. The van der Waals surface area contributed by atoms with Gasteiger partial charge in [-0.25, -0.2) is 0 Å². The van der Waals surface area contributed by atoms with Crippen molar-refractivity contribution in [3.8, 4) is 0 Å². The Morgan fingerprint density at radius 2 is 1.95 bits per heavy atom. The highest BCUT2D eigenvalue weighted by molar-refractivity contribution is 4.93. The Balaban J connectivity index is 2.58. The zero-order chi connectivity index (χ0) is 15.2. The third-order valence-electron chi connectivity index (χ3n) is 4.68. The van der Waals surface area contributed by atoms with E-state index in [0.717, 1.165) is 45.2 Å². The van der Waals surface area contributed by atoms with Gasteiger partial charge < -0.3 is 10.1 Å². The summed E-state index contributed by atoms with van der Waals surface area (Å²) in [5.41, 5.74) is 0.322. The van der Waals surface area contributed by atoms with Gasteiger partial charge in [-0.2, -0.15) is 0 Å². The van der Waals surface area contributed by atoms with Gasteiger partial charge in [-0.05, 0) is 17.8 Å². The SMILES string of the molecule is CCCOCCN1CC(C(C)(C)C)NCC1C(C)CC. The largest absolute Gasteiger partial charge is 0.380 e. The van der Waals surface area contributed by atoms with Crippen LogP contribution in [0.15, 0.2) is 0 Å². The van der Waals surface area contributed by atoms with Crippen LogP contribution in [0.4, 0.5) is 0 Å². The summed E-state index contributed by atoms with van der Waals surface area (Å²) in [6.45, 7) is 18.9. The van der Waals surface area contributed by atoms with Crippen molar-refractivity contribution in [2.24, 2.45) is 11.3 Å². The van der Waals surface area contributed by atoms with Crippen LogP contribution in [0, 0.1) is 11.3 Å². The van der Waals surface area contributed by atoms with E-state index in [-0.39, 0.29) is 0 Å². The van der Waals surface area contributed by atoms with E-state index in [1.807, 2.05) is 0 Å². The summed E-state index contributed by atoms with van der Waals surface area (Å²) in [5.74, 6) is 0.745. The molecule has 1 aliphatic heterocycles. The van der Waals surface area contributed by atoms with Crippen LogP contribution in [-0.2, 0) is 4.74 Å². The molecule has 20 heavy (non-hydrogen) atoms. The average Bonchev–Trinajstić information content (AvgIpc) is 2.41. The number of ether oxygens (including phenoxy) is 1. The Hall–Kier alpha value is -0.120. The Bertz CT molecular complexity index is 262. The molecule has 0 aliphatic carbocycles. The van der Waals surface area contributed by atoms with Crippen LogP contribution in [0.1, 0.15) is 54.4 Å². The zero-order valence-corrected chi connectivity index (χ0v) is 14.5. The van der Waals surface area contributed by atoms with Crippen LogP contribution < -0.4 is 5.32 Å². The minimum absolute atomic E-state index is 0.322. The summed E-state index contributed by atoms with van der Waals surface area (Å²) in [4.78, 5) is 2.66. The summed E-state index contributed by atoms with van der Waals surface area (Å²) >= 11 is 0. The van der Waals surface area contributed by atoms with Crippen molar-refractivity contribution in [2.45, 2.75) is 66.5 Å². The number of hydrogen-bond donors (Lipinski definition) is 1. The van der Waals surface area contributed by atoms with Crippen molar-refractivity contribution in [1.29, 1.82) is 0 Å². The second-order valence-electron chi connectivity index (χ2n) is 7.39. The fraction of sp³-hybridized carbons (Fsp3) is 1.00. The standard InChI is InChI=1S/C17H36N2O/c1-7-10-20-11-9-19-13-16(17(4,5)6)18-12-15(19)14(3)8-2/h14-16,18H,7-13H2,1-6H3. The van der Waals surface area contributed by atoms with Gasteiger partial charge in [0, 0.05) is 38.3 Å². The van der Waals surface area contributed by atoms with Gasteiger partial charge in [-0.3, -0.25) is 4.90 Å². The molecule has 0 bridgehead atoms. The summed E-state index contributed by atoms with van der Waals surface area (Å²) in [6, 6.07) is 1.23. The predicted molar refractivity (Wildman–Crippen MR) is 87.2 cm³/mol. The second kappa shape index (κ2) is 8.35. The Labute approximate surface area is 126 Å². The smallest absolute Gasteiger partial charge is 0.0593 e. The number of rotatable bonds is 7. The molecule has 0 aromatic carbocycles. The van der Waals surface area contributed by atoms with Crippen LogP contribution in [-0.4, -0.2) is 49.8 Å². The summed E-state index contributed by atoms with van der Waals surface area (Å²) < 4.78 is 5.71. The fourth-order valence-corrected chi connectivity index (χ4v) is 2.93. The molecule has 1 heterocycles. The molecule has 1 rings (SSSR count). The Kier molecular flexibility index (Phi) is 7.49. The quantitative estimate of drug-likeness (QED) is 0.727. The zero-order valence-electron chi connectivity index (χ0n) is 14.5. The first-order valence-corrected chi connectivity index (χ1v) is 8.45. The normalized spacial score (nSPS) is 26.7. The Morgan fingerprint density at radius 1 is 1.25 bits per heavy atom. The number of nitrogens with zero attached hydrogens (tertiary/aromatic N) is 1. The average molecular weight is 284 g/mol. The molecule has 0 aromatic rings. The topological polar surface area (TPSA) is 24.5 Å². The second-order valence-corrected chi connectivity index (χ2v) is 7.39. The molecule has 0 radical (unpaired) electrons. The highest BCUT2D eigenvalue weighted by Crippen LogP contribution is 2.26. The maximum absolute atomic E-state index is 5.71. The number of nitrogens with one attached hydrogen (secondary N) is 1. The molecule has 0 spiro atoms. The van der Waals surface area contributed by atoms with Crippen LogP contribution in [0.2, 0.25) is 0 Å².